The van der Waals surface area contributed by atoms with Crippen LogP contribution in [0, 0.1) is 14.9 Å². The molecule has 1 fully saturated rings. The number of halogens is 1. The number of aliphatic hydroxyl groups is 1. The molecule has 0 spiro atoms. The standard InChI is InChI=1S/C24H31IN5O2/c1-19(32)30(13-14-31)23(18-25-21-16-27-22(15-26)28-17-21)9-11-24(12-10-23,29(2)3)20-7-5-4-6-8-20/h4-8,16-17,31H,9-14,18H2,1-3H3/q-1. The van der Waals surface area contributed by atoms with Crippen molar-refractivity contribution in [3.63, 3.8) is 0 Å². The number of nitrogens with zero attached hydrogens (tertiary/aromatic N) is 5. The molecule has 7 nitrogen and oxygen atoms in total. The first-order valence-corrected chi connectivity index (χ1v) is 13.4. The number of rotatable bonds is 8. The van der Waals surface area contributed by atoms with Crippen LogP contribution >= 0.6 is 0 Å². The van der Waals surface area contributed by atoms with Crippen LogP contribution in [0.25, 0.3) is 0 Å². The molecule has 1 N–H and O–H groups in total. The first kappa shape index (κ1) is 24.6. The zero-order valence-corrected chi connectivity index (χ0v) is 21.1. The van der Waals surface area contributed by atoms with E-state index in [4.69, 9.17) is 5.26 Å². The molecular weight excluding hydrogens is 517 g/mol. The fraction of sp³-hybridized carbons (Fsp3) is 0.500. The summed E-state index contributed by atoms with van der Waals surface area (Å²) in [7, 11) is 4.27. The van der Waals surface area contributed by atoms with Gasteiger partial charge in [-0.2, -0.15) is 0 Å². The summed E-state index contributed by atoms with van der Waals surface area (Å²) in [5, 5.41) is 18.6. The van der Waals surface area contributed by atoms with Crippen molar-refractivity contribution in [2.75, 3.05) is 31.7 Å². The third-order valence-electron chi connectivity index (χ3n) is 6.64. The molecule has 1 aromatic heterocycles. The maximum absolute atomic E-state index is 12.7. The van der Waals surface area contributed by atoms with Crippen LogP contribution in [-0.2, 0) is 10.3 Å². The maximum atomic E-state index is 12.7. The van der Waals surface area contributed by atoms with Crippen LogP contribution in [0.3, 0.4) is 0 Å². The number of amides is 1. The quantitative estimate of drug-likeness (QED) is 0.344. The van der Waals surface area contributed by atoms with Crippen LogP contribution < -0.4 is 21.2 Å². The van der Waals surface area contributed by atoms with E-state index in [1.165, 1.54) is 5.56 Å². The van der Waals surface area contributed by atoms with Crippen molar-refractivity contribution >= 4 is 5.91 Å². The number of carbonyl (C=O) groups is 1. The molecule has 0 aliphatic heterocycles. The Morgan fingerprint density at radius 1 is 1.16 bits per heavy atom. The molecule has 32 heavy (non-hydrogen) atoms. The van der Waals surface area contributed by atoms with Gasteiger partial charge in [0.15, 0.2) is 0 Å². The number of carbonyl (C=O) groups excluding carboxylic acids is 1. The Hall–Kier alpha value is -2.09. The molecule has 8 heteroatoms. The van der Waals surface area contributed by atoms with E-state index in [1.807, 2.05) is 17.0 Å². The van der Waals surface area contributed by atoms with E-state index < -0.39 is 21.2 Å². The Labute approximate surface area is 200 Å². The van der Waals surface area contributed by atoms with Gasteiger partial charge in [0, 0.05) is 0 Å². The predicted molar refractivity (Wildman–Crippen MR) is 118 cm³/mol. The second kappa shape index (κ2) is 10.7. The summed E-state index contributed by atoms with van der Waals surface area (Å²) in [6, 6.07) is 12.6. The molecule has 0 saturated heterocycles. The molecule has 1 amide bonds. The van der Waals surface area contributed by atoms with Gasteiger partial charge in [-0.25, -0.2) is 0 Å². The van der Waals surface area contributed by atoms with Crippen molar-refractivity contribution in [2.45, 2.75) is 43.7 Å². The van der Waals surface area contributed by atoms with Gasteiger partial charge in [-0.05, 0) is 0 Å². The number of nitriles is 1. The van der Waals surface area contributed by atoms with Crippen LogP contribution in [0.1, 0.15) is 44.0 Å². The molecule has 0 atom stereocenters. The van der Waals surface area contributed by atoms with Gasteiger partial charge >= 0.3 is 201 Å². The third-order valence-corrected chi connectivity index (χ3v) is 9.88. The number of alkyl halides is 1. The fourth-order valence-corrected chi connectivity index (χ4v) is 7.81. The predicted octanol–water partition coefficient (Wildman–Crippen LogP) is -0.782. The van der Waals surface area contributed by atoms with Crippen molar-refractivity contribution in [1.29, 1.82) is 5.26 Å². The van der Waals surface area contributed by atoms with E-state index >= 15 is 0 Å². The second-order valence-corrected chi connectivity index (χ2v) is 11.3. The van der Waals surface area contributed by atoms with Gasteiger partial charge in [-0.15, -0.1) is 0 Å². The summed E-state index contributed by atoms with van der Waals surface area (Å²) in [5.74, 6) is 0.186. The Morgan fingerprint density at radius 2 is 1.78 bits per heavy atom. The summed E-state index contributed by atoms with van der Waals surface area (Å²) in [4.78, 5) is 25.1. The number of β-amino-alcohol motifs (C(OH)–C–C–N with tert-alkyl or cyclic N) is 1. The number of benzene rings is 1. The van der Waals surface area contributed by atoms with Gasteiger partial charge in [-0.1, -0.05) is 0 Å². The molecule has 172 valence electrons. The topological polar surface area (TPSA) is 93.3 Å². The zero-order valence-electron chi connectivity index (χ0n) is 19.0. The van der Waals surface area contributed by atoms with Gasteiger partial charge < -0.3 is 0 Å². The Kier molecular flexibility index (Phi) is 8.20. The average Bonchev–Trinajstić information content (AvgIpc) is 2.82. The summed E-state index contributed by atoms with van der Waals surface area (Å²) in [6.07, 6.45) is 7.11. The molecule has 2 aromatic rings. The van der Waals surface area contributed by atoms with E-state index in [0.717, 1.165) is 33.7 Å². The van der Waals surface area contributed by atoms with Crippen molar-refractivity contribution in [3.8, 4) is 6.07 Å². The number of aliphatic hydroxyl groups excluding tert-OH is 1. The summed E-state index contributed by atoms with van der Waals surface area (Å²) in [6.45, 7) is 1.91. The molecular formula is C24H31IN5O2-. The van der Waals surface area contributed by atoms with Crippen molar-refractivity contribution in [1.82, 2.24) is 19.8 Å². The first-order valence-electron chi connectivity index (χ1n) is 10.8. The van der Waals surface area contributed by atoms with E-state index in [2.05, 4.69) is 53.2 Å². The van der Waals surface area contributed by atoms with Gasteiger partial charge in [-0.3, -0.25) is 0 Å². The van der Waals surface area contributed by atoms with Gasteiger partial charge in [0.05, 0.1) is 0 Å². The normalized spacial score (nSPS) is 23.1. The molecule has 3 rings (SSSR count). The van der Waals surface area contributed by atoms with Gasteiger partial charge in [0.2, 0.25) is 0 Å². The summed E-state index contributed by atoms with van der Waals surface area (Å²) >= 11 is -0.462. The second-order valence-electron chi connectivity index (χ2n) is 8.51. The molecule has 1 aliphatic rings. The van der Waals surface area contributed by atoms with E-state index in [1.54, 1.807) is 19.3 Å². The average molecular weight is 548 g/mol. The Balaban J connectivity index is 1.88. The minimum absolute atomic E-state index is 0.0104. The molecule has 1 saturated carbocycles. The number of hydrogen-bond acceptors (Lipinski definition) is 6. The fourth-order valence-electron chi connectivity index (χ4n) is 4.82. The molecule has 1 aliphatic carbocycles. The van der Waals surface area contributed by atoms with Crippen LogP contribution in [0.5, 0.6) is 0 Å². The summed E-state index contributed by atoms with van der Waals surface area (Å²) in [5.41, 5.74) is 0.956. The third kappa shape index (κ3) is 5.11. The molecule has 0 unspecified atom stereocenters. The molecule has 1 heterocycles. The van der Waals surface area contributed by atoms with Gasteiger partial charge in [0.1, 0.15) is 0 Å². The number of hydrogen-bond donors (Lipinski definition) is 1. The van der Waals surface area contributed by atoms with E-state index in [0.29, 0.717) is 6.54 Å². The molecule has 0 radical (unpaired) electrons. The SMILES string of the molecule is CC(=O)N(CCO)C1(C[I-]c2cnc(C#N)nc2)CCC(c2ccccc2)(N(C)C)CC1. The van der Waals surface area contributed by atoms with Crippen LogP contribution in [-0.4, -0.2) is 68.0 Å². The van der Waals surface area contributed by atoms with E-state index in [9.17, 15) is 9.90 Å². The van der Waals surface area contributed by atoms with Gasteiger partial charge in [0.25, 0.3) is 0 Å². The van der Waals surface area contributed by atoms with Crippen molar-refractivity contribution in [2.24, 2.45) is 0 Å². The van der Waals surface area contributed by atoms with Crippen LogP contribution in [0.15, 0.2) is 42.7 Å². The first-order chi connectivity index (χ1) is 15.4. The minimum atomic E-state index is -0.462. The van der Waals surface area contributed by atoms with Crippen LogP contribution in [0.2, 0.25) is 0 Å². The molecule has 1 aromatic carbocycles. The summed E-state index contributed by atoms with van der Waals surface area (Å²) < 4.78 is 1.93. The monoisotopic (exact) mass is 548 g/mol. The van der Waals surface area contributed by atoms with Crippen molar-refractivity contribution in [3.05, 3.63) is 57.7 Å². The zero-order chi connectivity index (χ0) is 23.2. The number of aromatic nitrogens is 2. The van der Waals surface area contributed by atoms with E-state index in [-0.39, 0.29) is 29.4 Å². The molecule has 0 bridgehead atoms. The Morgan fingerprint density at radius 3 is 2.28 bits per heavy atom. The van der Waals surface area contributed by atoms with Crippen molar-refractivity contribution < 1.29 is 31.1 Å². The Bertz CT molecular complexity index is 935. The van der Waals surface area contributed by atoms with Crippen LogP contribution in [0.4, 0.5) is 0 Å².